The summed E-state index contributed by atoms with van der Waals surface area (Å²) in [5.74, 6) is 0.755. The molecule has 0 aliphatic carbocycles. The van der Waals surface area contributed by atoms with Crippen molar-refractivity contribution in [2.75, 3.05) is 12.3 Å². The summed E-state index contributed by atoms with van der Waals surface area (Å²) in [4.78, 5) is 1.23. The molecule has 1 atom stereocenters. The van der Waals surface area contributed by atoms with Gasteiger partial charge in [-0.25, -0.2) is 0 Å². The van der Waals surface area contributed by atoms with Crippen LogP contribution < -0.4 is 5.32 Å². The molecule has 0 amide bonds. The van der Waals surface area contributed by atoms with Crippen LogP contribution in [-0.4, -0.2) is 23.5 Å². The molecule has 1 unspecified atom stereocenters. The van der Waals surface area contributed by atoms with Crippen molar-refractivity contribution in [3.8, 4) is 0 Å². The topological polar surface area (TPSA) is 32.3 Å². The molecule has 84 valence electrons. The minimum Gasteiger partial charge on any atom is -0.393 e. The molecule has 3 heteroatoms. The van der Waals surface area contributed by atoms with Gasteiger partial charge in [-0.2, -0.15) is 0 Å². The molecule has 0 heterocycles. The number of nitrogens with one attached hydrogen (secondary N) is 1. The Morgan fingerprint density at radius 3 is 2.93 bits per heavy atom. The molecule has 0 saturated heterocycles. The fraction of sp³-hybridized carbons (Fsp3) is 0.500. The van der Waals surface area contributed by atoms with Crippen molar-refractivity contribution in [3.05, 3.63) is 29.8 Å². The van der Waals surface area contributed by atoms with Crippen molar-refractivity contribution in [3.63, 3.8) is 0 Å². The molecule has 1 aromatic carbocycles. The second-order valence-corrected chi connectivity index (χ2v) is 4.68. The van der Waals surface area contributed by atoms with Gasteiger partial charge < -0.3 is 10.4 Å². The normalized spacial score (nSPS) is 12.7. The predicted octanol–water partition coefficient (Wildman–Crippen LogP) is 2.27. The van der Waals surface area contributed by atoms with Gasteiger partial charge in [-0.05, 0) is 31.2 Å². The third-order valence-corrected chi connectivity index (χ3v) is 3.21. The number of hydrogen-bond acceptors (Lipinski definition) is 3. The number of rotatable bonds is 6. The van der Waals surface area contributed by atoms with Crippen molar-refractivity contribution < 1.29 is 5.11 Å². The fourth-order valence-corrected chi connectivity index (χ4v) is 2.07. The highest BCUT2D eigenvalue weighted by molar-refractivity contribution is 7.99. The summed E-state index contributed by atoms with van der Waals surface area (Å²) < 4.78 is 0. The quantitative estimate of drug-likeness (QED) is 0.728. The van der Waals surface area contributed by atoms with E-state index in [-0.39, 0.29) is 6.10 Å². The number of hydrogen-bond donors (Lipinski definition) is 2. The van der Waals surface area contributed by atoms with E-state index >= 15 is 0 Å². The van der Waals surface area contributed by atoms with Crippen molar-refractivity contribution >= 4 is 11.8 Å². The monoisotopic (exact) mass is 225 g/mol. The van der Waals surface area contributed by atoms with Crippen molar-refractivity contribution in [1.82, 2.24) is 5.32 Å². The maximum absolute atomic E-state index is 9.19. The maximum atomic E-state index is 9.19. The number of aliphatic hydroxyl groups is 1. The minimum atomic E-state index is -0.243. The van der Waals surface area contributed by atoms with Gasteiger partial charge in [0.05, 0.1) is 6.10 Å². The third kappa shape index (κ3) is 5.21. The average molecular weight is 225 g/mol. The molecule has 0 bridgehead atoms. The minimum absolute atomic E-state index is 0.243. The Hall–Kier alpha value is -0.510. The summed E-state index contributed by atoms with van der Waals surface area (Å²) in [6.07, 6.45) is -0.243. The van der Waals surface area contributed by atoms with Crippen LogP contribution in [0.2, 0.25) is 0 Å². The Bertz CT molecular complexity index is 289. The first kappa shape index (κ1) is 12.6. The Morgan fingerprint density at radius 2 is 2.27 bits per heavy atom. The zero-order valence-electron chi connectivity index (χ0n) is 9.36. The summed E-state index contributed by atoms with van der Waals surface area (Å²) in [5, 5.41) is 12.5. The van der Waals surface area contributed by atoms with E-state index in [1.165, 1.54) is 10.5 Å². The summed E-state index contributed by atoms with van der Waals surface area (Å²) in [5.41, 5.74) is 1.30. The van der Waals surface area contributed by atoms with Crippen molar-refractivity contribution in [2.45, 2.75) is 31.4 Å². The van der Waals surface area contributed by atoms with E-state index in [2.05, 4.69) is 36.5 Å². The van der Waals surface area contributed by atoms with Gasteiger partial charge in [-0.1, -0.05) is 19.1 Å². The summed E-state index contributed by atoms with van der Waals surface area (Å²) in [6.45, 7) is 5.83. The van der Waals surface area contributed by atoms with Crippen LogP contribution in [0.1, 0.15) is 19.4 Å². The second kappa shape index (κ2) is 6.88. The molecule has 0 radical (unpaired) electrons. The largest absolute Gasteiger partial charge is 0.393 e. The first-order chi connectivity index (χ1) is 7.22. The number of benzene rings is 1. The maximum Gasteiger partial charge on any atom is 0.0606 e. The van der Waals surface area contributed by atoms with E-state index in [4.69, 9.17) is 0 Å². The predicted molar refractivity (Wildman–Crippen MR) is 66.2 cm³/mol. The highest BCUT2D eigenvalue weighted by atomic mass is 32.2. The Morgan fingerprint density at radius 1 is 1.47 bits per heavy atom. The summed E-state index contributed by atoms with van der Waals surface area (Å²) in [7, 11) is 0. The molecule has 2 nitrogen and oxygen atoms in total. The molecule has 0 spiro atoms. The molecule has 0 aliphatic heterocycles. The van der Waals surface area contributed by atoms with Gasteiger partial charge >= 0.3 is 0 Å². The molecular formula is C12H19NOS. The molecule has 2 N–H and O–H groups in total. The van der Waals surface area contributed by atoms with E-state index in [0.29, 0.717) is 0 Å². The van der Waals surface area contributed by atoms with Gasteiger partial charge in [-0.15, -0.1) is 11.8 Å². The molecule has 0 aliphatic rings. The van der Waals surface area contributed by atoms with Gasteiger partial charge in [0.25, 0.3) is 0 Å². The van der Waals surface area contributed by atoms with Crippen molar-refractivity contribution in [2.24, 2.45) is 0 Å². The average Bonchev–Trinajstić information content (AvgIpc) is 2.24. The van der Waals surface area contributed by atoms with Gasteiger partial charge in [-0.3, -0.25) is 0 Å². The molecule has 0 fully saturated rings. The lowest BCUT2D eigenvalue weighted by molar-refractivity contribution is 0.220. The van der Waals surface area contributed by atoms with Gasteiger partial charge in [0.2, 0.25) is 0 Å². The Labute approximate surface area is 96.1 Å². The fourth-order valence-electron chi connectivity index (χ4n) is 1.23. The third-order valence-electron chi connectivity index (χ3n) is 1.97. The lowest BCUT2D eigenvalue weighted by Crippen LogP contribution is -2.11. The van der Waals surface area contributed by atoms with E-state index < -0.39 is 0 Å². The number of thioether (sulfide) groups is 1. The standard InChI is InChI=1S/C12H19NOS/c1-3-13-8-11-5-4-6-12(7-11)15-9-10(2)14/h4-7,10,13-14H,3,8-9H2,1-2H3. The summed E-state index contributed by atoms with van der Waals surface area (Å²) in [6, 6.07) is 8.45. The van der Waals surface area contributed by atoms with Crippen molar-refractivity contribution in [1.29, 1.82) is 0 Å². The highest BCUT2D eigenvalue weighted by Crippen LogP contribution is 2.19. The van der Waals surface area contributed by atoms with E-state index in [1.54, 1.807) is 11.8 Å². The van der Waals surface area contributed by atoms with Crippen LogP contribution in [0.4, 0.5) is 0 Å². The van der Waals surface area contributed by atoms with E-state index in [1.807, 2.05) is 6.92 Å². The Balaban J connectivity index is 2.50. The van der Waals surface area contributed by atoms with Crippen LogP contribution in [0.5, 0.6) is 0 Å². The molecule has 15 heavy (non-hydrogen) atoms. The number of aliphatic hydroxyl groups excluding tert-OH is 1. The van der Waals surface area contributed by atoms with Crippen LogP contribution in [0.15, 0.2) is 29.2 Å². The first-order valence-electron chi connectivity index (χ1n) is 5.33. The highest BCUT2D eigenvalue weighted by Gasteiger charge is 1.99. The SMILES string of the molecule is CCNCc1cccc(SCC(C)O)c1. The van der Waals surface area contributed by atoms with Crippen LogP contribution >= 0.6 is 11.8 Å². The van der Waals surface area contributed by atoms with Crippen LogP contribution in [0, 0.1) is 0 Å². The smallest absolute Gasteiger partial charge is 0.0606 e. The van der Waals surface area contributed by atoms with Crippen LogP contribution in [0.25, 0.3) is 0 Å². The lowest BCUT2D eigenvalue weighted by atomic mass is 10.2. The molecule has 0 saturated carbocycles. The Kier molecular flexibility index (Phi) is 5.76. The van der Waals surface area contributed by atoms with Gasteiger partial charge in [0.15, 0.2) is 0 Å². The van der Waals surface area contributed by atoms with Crippen LogP contribution in [-0.2, 0) is 6.54 Å². The zero-order chi connectivity index (χ0) is 11.1. The first-order valence-corrected chi connectivity index (χ1v) is 6.31. The lowest BCUT2D eigenvalue weighted by Gasteiger charge is -2.06. The zero-order valence-corrected chi connectivity index (χ0v) is 10.2. The molecule has 1 rings (SSSR count). The summed E-state index contributed by atoms with van der Waals surface area (Å²) >= 11 is 1.70. The van der Waals surface area contributed by atoms with Gasteiger partial charge in [0, 0.05) is 17.2 Å². The van der Waals surface area contributed by atoms with E-state index in [9.17, 15) is 5.11 Å². The molecule has 1 aromatic rings. The van der Waals surface area contributed by atoms with Gasteiger partial charge in [0.1, 0.15) is 0 Å². The van der Waals surface area contributed by atoms with Crippen LogP contribution in [0.3, 0.4) is 0 Å². The second-order valence-electron chi connectivity index (χ2n) is 3.59. The molecule has 0 aromatic heterocycles. The molecular weight excluding hydrogens is 206 g/mol. The van der Waals surface area contributed by atoms with E-state index in [0.717, 1.165) is 18.8 Å².